The molecule has 0 spiro atoms. The SMILES string of the molecule is CCCNC(=O)NCCNC1CCCCCC1. The molecule has 1 rings (SSSR count). The Labute approximate surface area is 105 Å². The maximum atomic E-state index is 11.3. The van der Waals surface area contributed by atoms with Crippen molar-refractivity contribution in [2.75, 3.05) is 19.6 Å². The highest BCUT2D eigenvalue weighted by molar-refractivity contribution is 5.73. The lowest BCUT2D eigenvalue weighted by Crippen LogP contribution is -2.41. The number of amides is 2. The first-order valence-electron chi connectivity index (χ1n) is 7.08. The maximum Gasteiger partial charge on any atom is 0.314 e. The lowest BCUT2D eigenvalue weighted by atomic mass is 10.1. The van der Waals surface area contributed by atoms with Gasteiger partial charge in [0.2, 0.25) is 0 Å². The van der Waals surface area contributed by atoms with E-state index in [1.54, 1.807) is 0 Å². The molecule has 4 heteroatoms. The summed E-state index contributed by atoms with van der Waals surface area (Å²) in [6.07, 6.45) is 9.04. The average Bonchev–Trinajstić information content (AvgIpc) is 2.60. The summed E-state index contributed by atoms with van der Waals surface area (Å²) in [6, 6.07) is 0.618. The third-order valence-corrected chi connectivity index (χ3v) is 3.23. The van der Waals surface area contributed by atoms with Gasteiger partial charge in [0.15, 0.2) is 0 Å². The van der Waals surface area contributed by atoms with E-state index in [0.29, 0.717) is 12.6 Å². The van der Waals surface area contributed by atoms with E-state index >= 15 is 0 Å². The van der Waals surface area contributed by atoms with E-state index in [0.717, 1.165) is 19.5 Å². The van der Waals surface area contributed by atoms with Crippen molar-refractivity contribution in [3.05, 3.63) is 0 Å². The summed E-state index contributed by atoms with van der Waals surface area (Å²) in [4.78, 5) is 11.3. The Morgan fingerprint density at radius 3 is 2.29 bits per heavy atom. The lowest BCUT2D eigenvalue weighted by Gasteiger charge is -2.16. The molecule has 1 fully saturated rings. The fraction of sp³-hybridized carbons (Fsp3) is 0.923. The number of carbonyl (C=O) groups excluding carboxylic acids is 1. The van der Waals surface area contributed by atoms with Gasteiger partial charge in [0, 0.05) is 25.7 Å². The van der Waals surface area contributed by atoms with Crippen LogP contribution in [0, 0.1) is 0 Å². The minimum atomic E-state index is -0.0467. The normalized spacial score (nSPS) is 17.5. The number of hydrogen-bond acceptors (Lipinski definition) is 2. The second-order valence-corrected chi connectivity index (χ2v) is 4.83. The van der Waals surface area contributed by atoms with Crippen molar-refractivity contribution in [3.8, 4) is 0 Å². The van der Waals surface area contributed by atoms with Crippen LogP contribution in [0.4, 0.5) is 4.79 Å². The van der Waals surface area contributed by atoms with E-state index in [-0.39, 0.29) is 6.03 Å². The maximum absolute atomic E-state index is 11.3. The summed E-state index contributed by atoms with van der Waals surface area (Å²) >= 11 is 0. The van der Waals surface area contributed by atoms with Crippen LogP contribution in [0.2, 0.25) is 0 Å². The molecule has 17 heavy (non-hydrogen) atoms. The van der Waals surface area contributed by atoms with Crippen molar-refractivity contribution in [2.45, 2.75) is 57.9 Å². The van der Waals surface area contributed by atoms with Crippen molar-refractivity contribution in [3.63, 3.8) is 0 Å². The molecule has 2 amide bonds. The van der Waals surface area contributed by atoms with E-state index in [4.69, 9.17) is 0 Å². The van der Waals surface area contributed by atoms with Crippen LogP contribution in [0.15, 0.2) is 0 Å². The minimum Gasteiger partial charge on any atom is -0.338 e. The van der Waals surface area contributed by atoms with E-state index in [2.05, 4.69) is 16.0 Å². The lowest BCUT2D eigenvalue weighted by molar-refractivity contribution is 0.240. The van der Waals surface area contributed by atoms with Gasteiger partial charge >= 0.3 is 6.03 Å². The zero-order valence-electron chi connectivity index (χ0n) is 11.1. The molecule has 0 heterocycles. The van der Waals surface area contributed by atoms with E-state index in [9.17, 15) is 4.79 Å². The third kappa shape index (κ3) is 7.21. The van der Waals surface area contributed by atoms with Gasteiger partial charge in [-0.3, -0.25) is 0 Å². The number of rotatable bonds is 6. The van der Waals surface area contributed by atoms with Crippen LogP contribution in [-0.2, 0) is 0 Å². The molecule has 0 aromatic heterocycles. The predicted molar refractivity (Wildman–Crippen MR) is 71.2 cm³/mol. The van der Waals surface area contributed by atoms with Crippen molar-refractivity contribution in [2.24, 2.45) is 0 Å². The van der Waals surface area contributed by atoms with Gasteiger partial charge in [-0.05, 0) is 19.3 Å². The number of urea groups is 1. The molecule has 0 saturated heterocycles. The predicted octanol–water partition coefficient (Wildman–Crippen LogP) is 2.01. The third-order valence-electron chi connectivity index (χ3n) is 3.23. The summed E-state index contributed by atoms with van der Waals surface area (Å²) < 4.78 is 0. The first-order chi connectivity index (χ1) is 8.33. The van der Waals surface area contributed by atoms with E-state index in [1.807, 2.05) is 6.92 Å². The Hall–Kier alpha value is -0.770. The minimum absolute atomic E-state index is 0.0467. The van der Waals surface area contributed by atoms with Crippen LogP contribution in [0.5, 0.6) is 0 Å². The molecule has 4 nitrogen and oxygen atoms in total. The second kappa shape index (κ2) is 9.28. The molecule has 0 radical (unpaired) electrons. The van der Waals surface area contributed by atoms with Crippen LogP contribution in [0.1, 0.15) is 51.9 Å². The molecule has 1 aliphatic rings. The number of nitrogens with one attached hydrogen (secondary N) is 3. The van der Waals surface area contributed by atoms with Gasteiger partial charge in [0.1, 0.15) is 0 Å². The van der Waals surface area contributed by atoms with Crippen LogP contribution >= 0.6 is 0 Å². The molecular formula is C13H27N3O. The molecule has 0 aliphatic heterocycles. The molecule has 3 N–H and O–H groups in total. The molecule has 0 unspecified atom stereocenters. The molecule has 0 bridgehead atoms. The van der Waals surface area contributed by atoms with Crippen molar-refractivity contribution < 1.29 is 4.79 Å². The van der Waals surface area contributed by atoms with Gasteiger partial charge in [0.25, 0.3) is 0 Å². The van der Waals surface area contributed by atoms with Crippen LogP contribution in [-0.4, -0.2) is 31.7 Å². The smallest absolute Gasteiger partial charge is 0.314 e. The van der Waals surface area contributed by atoms with E-state index < -0.39 is 0 Å². The van der Waals surface area contributed by atoms with Crippen LogP contribution < -0.4 is 16.0 Å². The van der Waals surface area contributed by atoms with Crippen LogP contribution in [0.3, 0.4) is 0 Å². The highest BCUT2D eigenvalue weighted by Crippen LogP contribution is 2.16. The fourth-order valence-electron chi connectivity index (χ4n) is 2.24. The monoisotopic (exact) mass is 241 g/mol. The van der Waals surface area contributed by atoms with Crippen molar-refractivity contribution in [1.82, 2.24) is 16.0 Å². The van der Waals surface area contributed by atoms with Gasteiger partial charge < -0.3 is 16.0 Å². The Morgan fingerprint density at radius 2 is 1.65 bits per heavy atom. The molecule has 1 saturated carbocycles. The van der Waals surface area contributed by atoms with E-state index in [1.165, 1.54) is 38.5 Å². The summed E-state index contributed by atoms with van der Waals surface area (Å²) in [5.41, 5.74) is 0. The zero-order valence-corrected chi connectivity index (χ0v) is 11.1. The van der Waals surface area contributed by atoms with Crippen LogP contribution in [0.25, 0.3) is 0 Å². The Bertz CT molecular complexity index is 201. The van der Waals surface area contributed by atoms with Gasteiger partial charge in [-0.1, -0.05) is 32.6 Å². The van der Waals surface area contributed by atoms with Gasteiger partial charge in [-0.15, -0.1) is 0 Å². The molecule has 0 atom stereocenters. The Kier molecular flexibility index (Phi) is 7.80. The highest BCUT2D eigenvalue weighted by atomic mass is 16.2. The summed E-state index contributed by atoms with van der Waals surface area (Å²) in [7, 11) is 0. The van der Waals surface area contributed by atoms with Gasteiger partial charge in [-0.2, -0.15) is 0 Å². The first kappa shape index (κ1) is 14.3. The first-order valence-corrected chi connectivity index (χ1v) is 7.08. The Balaban J connectivity index is 1.97. The second-order valence-electron chi connectivity index (χ2n) is 4.83. The van der Waals surface area contributed by atoms with Gasteiger partial charge in [-0.25, -0.2) is 4.79 Å². The van der Waals surface area contributed by atoms with Crippen molar-refractivity contribution in [1.29, 1.82) is 0 Å². The molecule has 0 aromatic carbocycles. The highest BCUT2D eigenvalue weighted by Gasteiger charge is 2.10. The largest absolute Gasteiger partial charge is 0.338 e. The van der Waals surface area contributed by atoms with Crippen molar-refractivity contribution >= 4 is 6.03 Å². The number of carbonyl (C=O) groups is 1. The molecule has 0 aromatic rings. The summed E-state index contributed by atoms with van der Waals surface area (Å²) in [6.45, 7) is 4.39. The molecule has 1 aliphatic carbocycles. The number of hydrogen-bond donors (Lipinski definition) is 3. The van der Waals surface area contributed by atoms with Gasteiger partial charge in [0.05, 0.1) is 0 Å². The molecular weight excluding hydrogens is 214 g/mol. The standard InChI is InChI=1S/C13H27N3O/c1-2-9-15-13(17)16-11-10-14-12-7-5-3-4-6-8-12/h12,14H,2-11H2,1H3,(H2,15,16,17). The topological polar surface area (TPSA) is 53.2 Å². The fourth-order valence-corrected chi connectivity index (χ4v) is 2.24. The summed E-state index contributed by atoms with van der Waals surface area (Å²) in [5.74, 6) is 0. The summed E-state index contributed by atoms with van der Waals surface area (Å²) in [5, 5.41) is 9.19. The molecule has 100 valence electrons. The zero-order chi connectivity index (χ0) is 12.3. The average molecular weight is 241 g/mol. The quantitative estimate of drug-likeness (QED) is 0.492. The Morgan fingerprint density at radius 1 is 1.00 bits per heavy atom.